The molecule has 0 saturated carbocycles. The van der Waals surface area contributed by atoms with Gasteiger partial charge in [0.15, 0.2) is 0 Å². The molecule has 6 heteroatoms. The van der Waals surface area contributed by atoms with Gasteiger partial charge in [0.2, 0.25) is 0 Å². The van der Waals surface area contributed by atoms with E-state index in [9.17, 15) is 9.59 Å². The number of hydrogen-bond acceptors (Lipinski definition) is 3. The van der Waals surface area contributed by atoms with Gasteiger partial charge in [0.1, 0.15) is 11.5 Å². The van der Waals surface area contributed by atoms with E-state index in [1.54, 1.807) is 42.5 Å². The van der Waals surface area contributed by atoms with Crippen molar-refractivity contribution in [3.63, 3.8) is 0 Å². The fourth-order valence-corrected chi connectivity index (χ4v) is 2.52. The number of nitrogens with one attached hydrogen (secondary N) is 2. The van der Waals surface area contributed by atoms with Crippen LogP contribution >= 0.6 is 11.6 Å². The minimum Gasteiger partial charge on any atom is -0.465 e. The van der Waals surface area contributed by atoms with Crippen molar-refractivity contribution in [1.29, 1.82) is 0 Å². The van der Waals surface area contributed by atoms with Crippen molar-refractivity contribution in [1.82, 2.24) is 5.32 Å². The third-order valence-electron chi connectivity index (χ3n) is 3.72. The summed E-state index contributed by atoms with van der Waals surface area (Å²) in [6.45, 7) is 1.96. The Morgan fingerprint density at radius 3 is 2.48 bits per heavy atom. The lowest BCUT2D eigenvalue weighted by Gasteiger charge is -2.11. The van der Waals surface area contributed by atoms with Crippen molar-refractivity contribution >= 4 is 35.2 Å². The molecular weight excluding hydrogens is 364 g/mol. The number of carbonyl (C=O) groups excluding carboxylic acids is 2. The van der Waals surface area contributed by atoms with Gasteiger partial charge in [-0.25, -0.2) is 0 Å². The molecule has 0 aliphatic rings. The van der Waals surface area contributed by atoms with Crippen molar-refractivity contribution in [3.8, 4) is 0 Å². The van der Waals surface area contributed by atoms with Crippen molar-refractivity contribution in [2.24, 2.45) is 0 Å². The van der Waals surface area contributed by atoms with Crippen LogP contribution in [-0.4, -0.2) is 11.8 Å². The van der Waals surface area contributed by atoms with Crippen LogP contribution in [0.2, 0.25) is 5.02 Å². The number of amides is 2. The lowest BCUT2D eigenvalue weighted by molar-refractivity contribution is -0.113. The van der Waals surface area contributed by atoms with Crippen LogP contribution in [0.25, 0.3) is 6.08 Å². The largest absolute Gasteiger partial charge is 0.465 e. The molecule has 0 spiro atoms. The van der Waals surface area contributed by atoms with Gasteiger partial charge in [-0.3, -0.25) is 9.59 Å². The Bertz CT molecular complexity index is 977. The number of anilines is 1. The van der Waals surface area contributed by atoms with Crippen LogP contribution in [0.5, 0.6) is 0 Å². The second kappa shape index (κ2) is 8.38. The predicted molar refractivity (Wildman–Crippen MR) is 105 cm³/mol. The minimum atomic E-state index is -0.467. The molecular formula is C21H17ClN2O3. The van der Waals surface area contributed by atoms with E-state index in [1.807, 2.05) is 19.1 Å². The van der Waals surface area contributed by atoms with E-state index in [4.69, 9.17) is 16.0 Å². The number of carbonyl (C=O) groups is 2. The summed E-state index contributed by atoms with van der Waals surface area (Å²) in [7, 11) is 0. The van der Waals surface area contributed by atoms with Crippen LogP contribution in [-0.2, 0) is 4.79 Å². The number of rotatable bonds is 5. The van der Waals surface area contributed by atoms with E-state index < -0.39 is 11.8 Å². The first-order valence-electron chi connectivity index (χ1n) is 8.21. The maximum absolute atomic E-state index is 12.7. The van der Waals surface area contributed by atoms with Crippen LogP contribution in [0.4, 0.5) is 5.69 Å². The van der Waals surface area contributed by atoms with Crippen molar-refractivity contribution in [2.45, 2.75) is 6.92 Å². The minimum absolute atomic E-state index is 0.0514. The van der Waals surface area contributed by atoms with Crippen molar-refractivity contribution in [2.75, 3.05) is 5.32 Å². The molecule has 0 unspecified atom stereocenters. The van der Waals surface area contributed by atoms with Gasteiger partial charge >= 0.3 is 0 Å². The monoisotopic (exact) mass is 380 g/mol. The summed E-state index contributed by atoms with van der Waals surface area (Å²) in [6, 6.07) is 17.2. The number of aryl methyl sites for hydroxylation is 1. The van der Waals surface area contributed by atoms with Gasteiger partial charge < -0.3 is 15.1 Å². The molecule has 3 aromatic rings. The van der Waals surface area contributed by atoms with E-state index in [-0.39, 0.29) is 5.70 Å². The molecule has 0 radical (unpaired) electrons. The zero-order valence-corrected chi connectivity index (χ0v) is 15.3. The molecule has 0 bridgehead atoms. The number of furan rings is 1. The molecule has 27 heavy (non-hydrogen) atoms. The smallest absolute Gasteiger partial charge is 0.272 e. The quantitative estimate of drug-likeness (QED) is 0.633. The van der Waals surface area contributed by atoms with E-state index >= 15 is 0 Å². The van der Waals surface area contributed by atoms with Crippen LogP contribution < -0.4 is 10.6 Å². The summed E-state index contributed by atoms with van der Waals surface area (Å²) in [4.78, 5) is 25.2. The maximum Gasteiger partial charge on any atom is 0.272 e. The molecule has 0 aliphatic carbocycles. The van der Waals surface area contributed by atoms with E-state index in [0.717, 1.165) is 5.56 Å². The predicted octanol–water partition coefficient (Wildman–Crippen LogP) is 4.65. The SMILES string of the molecule is Cc1ccc(NC(=O)/C(=C\c2ccco2)NC(=O)c2cccc(Cl)c2)cc1. The Morgan fingerprint density at radius 1 is 1.04 bits per heavy atom. The first-order valence-corrected chi connectivity index (χ1v) is 8.59. The zero-order chi connectivity index (χ0) is 19.2. The Kier molecular flexibility index (Phi) is 5.74. The summed E-state index contributed by atoms with van der Waals surface area (Å²) < 4.78 is 5.26. The van der Waals surface area contributed by atoms with Crippen LogP contribution in [0.3, 0.4) is 0 Å². The normalized spacial score (nSPS) is 11.1. The van der Waals surface area contributed by atoms with Gasteiger partial charge in [-0.2, -0.15) is 0 Å². The van der Waals surface area contributed by atoms with Gasteiger partial charge in [-0.05, 0) is 49.4 Å². The van der Waals surface area contributed by atoms with Gasteiger partial charge in [-0.15, -0.1) is 0 Å². The molecule has 2 amide bonds. The highest BCUT2D eigenvalue weighted by molar-refractivity contribution is 6.31. The van der Waals surface area contributed by atoms with Gasteiger partial charge in [0.05, 0.1) is 6.26 Å². The summed E-state index contributed by atoms with van der Waals surface area (Å²) >= 11 is 5.93. The van der Waals surface area contributed by atoms with Crippen LogP contribution in [0.1, 0.15) is 21.7 Å². The van der Waals surface area contributed by atoms with E-state index in [2.05, 4.69) is 10.6 Å². The summed E-state index contributed by atoms with van der Waals surface area (Å²) in [5, 5.41) is 5.82. The highest BCUT2D eigenvalue weighted by atomic mass is 35.5. The molecule has 2 N–H and O–H groups in total. The Balaban J connectivity index is 1.83. The van der Waals surface area contributed by atoms with Gasteiger partial charge in [0, 0.05) is 22.3 Å². The molecule has 1 aromatic heterocycles. The molecule has 0 saturated heterocycles. The van der Waals surface area contributed by atoms with E-state index in [0.29, 0.717) is 22.0 Å². The zero-order valence-electron chi connectivity index (χ0n) is 14.5. The average molecular weight is 381 g/mol. The molecule has 2 aromatic carbocycles. The molecule has 3 rings (SSSR count). The molecule has 0 fully saturated rings. The summed E-state index contributed by atoms with van der Waals surface area (Å²) in [5.74, 6) is -0.476. The van der Waals surface area contributed by atoms with Crippen molar-refractivity contribution < 1.29 is 14.0 Å². The molecule has 5 nitrogen and oxygen atoms in total. The van der Waals surface area contributed by atoms with E-state index in [1.165, 1.54) is 18.4 Å². The lowest BCUT2D eigenvalue weighted by atomic mass is 10.2. The third kappa shape index (κ3) is 5.09. The van der Waals surface area contributed by atoms with Crippen LogP contribution in [0, 0.1) is 6.92 Å². The maximum atomic E-state index is 12.7. The van der Waals surface area contributed by atoms with Gasteiger partial charge in [-0.1, -0.05) is 35.4 Å². The molecule has 0 atom stereocenters. The fraction of sp³-hybridized carbons (Fsp3) is 0.0476. The first-order chi connectivity index (χ1) is 13.0. The summed E-state index contributed by atoms with van der Waals surface area (Å²) in [5.41, 5.74) is 2.09. The summed E-state index contributed by atoms with van der Waals surface area (Å²) in [6.07, 6.45) is 2.95. The van der Waals surface area contributed by atoms with Crippen LogP contribution in [0.15, 0.2) is 77.0 Å². The second-order valence-corrected chi connectivity index (χ2v) is 6.29. The molecule has 136 valence electrons. The fourth-order valence-electron chi connectivity index (χ4n) is 2.33. The Labute approximate surface area is 161 Å². The number of hydrogen-bond donors (Lipinski definition) is 2. The molecule has 1 heterocycles. The standard InChI is InChI=1S/C21H17ClN2O3/c1-14-7-9-17(10-8-14)23-21(26)19(13-18-6-3-11-27-18)24-20(25)15-4-2-5-16(22)12-15/h2-13H,1H3,(H,23,26)(H,24,25)/b19-13+. The average Bonchev–Trinajstić information content (AvgIpc) is 3.16. The third-order valence-corrected chi connectivity index (χ3v) is 3.95. The molecule has 0 aliphatic heterocycles. The highest BCUT2D eigenvalue weighted by Crippen LogP contribution is 2.14. The highest BCUT2D eigenvalue weighted by Gasteiger charge is 2.16. The van der Waals surface area contributed by atoms with Gasteiger partial charge in [0.25, 0.3) is 11.8 Å². The van der Waals surface area contributed by atoms with Crippen molar-refractivity contribution in [3.05, 3.63) is 94.5 Å². The first kappa shape index (κ1) is 18.5. The topological polar surface area (TPSA) is 71.3 Å². The lowest BCUT2D eigenvalue weighted by Crippen LogP contribution is -2.30. The second-order valence-electron chi connectivity index (χ2n) is 5.86. The number of benzene rings is 2. The number of halogens is 1. The Hall–Kier alpha value is -3.31. The Morgan fingerprint density at radius 2 is 1.81 bits per heavy atom.